The number of hydrogen-bond acceptors (Lipinski definition) is 2. The number of aromatic nitrogens is 1. The second kappa shape index (κ2) is 8.12. The summed E-state index contributed by atoms with van der Waals surface area (Å²) in [4.78, 5) is 14.4. The second-order valence-electron chi connectivity index (χ2n) is 4.30. The number of allylic oxidation sites excluding steroid dienone is 1. The third-order valence-corrected chi connectivity index (χ3v) is 2.77. The lowest BCUT2D eigenvalue weighted by Gasteiger charge is -2.02. The Morgan fingerprint density at radius 2 is 1.80 bits per heavy atom. The second-order valence-corrected chi connectivity index (χ2v) is 4.30. The van der Waals surface area contributed by atoms with Gasteiger partial charge in [-0.05, 0) is 35.6 Å². The summed E-state index contributed by atoms with van der Waals surface area (Å²) >= 11 is 0. The van der Waals surface area contributed by atoms with E-state index in [1.54, 1.807) is 12.3 Å². The van der Waals surface area contributed by atoms with E-state index in [2.05, 4.69) is 23.2 Å². The molecule has 1 aromatic heterocycles. The maximum atomic E-state index is 10.4. The van der Waals surface area contributed by atoms with Crippen molar-refractivity contribution in [1.29, 1.82) is 0 Å². The lowest BCUT2D eigenvalue weighted by molar-refractivity contribution is -0.131. The van der Waals surface area contributed by atoms with Gasteiger partial charge in [0.05, 0.1) is 0 Å². The summed E-state index contributed by atoms with van der Waals surface area (Å²) in [6, 6.07) is 12.2. The van der Waals surface area contributed by atoms with E-state index >= 15 is 0 Å². The van der Waals surface area contributed by atoms with E-state index in [1.165, 1.54) is 17.2 Å². The minimum absolute atomic E-state index is 0. The molecular formula is C16H16ClNO2. The lowest BCUT2D eigenvalue weighted by Crippen LogP contribution is -1.90. The Labute approximate surface area is 124 Å². The summed E-state index contributed by atoms with van der Waals surface area (Å²) < 4.78 is 0. The van der Waals surface area contributed by atoms with Gasteiger partial charge >= 0.3 is 5.97 Å². The molecule has 4 heteroatoms. The Morgan fingerprint density at radius 1 is 1.10 bits per heavy atom. The van der Waals surface area contributed by atoms with Crippen LogP contribution in [0, 0.1) is 0 Å². The fraction of sp³-hybridized carbons (Fsp3) is 0.125. The van der Waals surface area contributed by atoms with Crippen LogP contribution in [0.2, 0.25) is 0 Å². The molecule has 1 N–H and O–H groups in total. The van der Waals surface area contributed by atoms with E-state index in [0.717, 1.165) is 12.0 Å². The zero-order valence-corrected chi connectivity index (χ0v) is 11.7. The van der Waals surface area contributed by atoms with Gasteiger partial charge in [0.25, 0.3) is 0 Å². The molecule has 0 fully saturated rings. The number of carboxylic acids is 1. The van der Waals surface area contributed by atoms with Gasteiger partial charge in [0.1, 0.15) is 0 Å². The number of rotatable bonds is 5. The van der Waals surface area contributed by atoms with Crippen LogP contribution in [0.15, 0.2) is 60.9 Å². The van der Waals surface area contributed by atoms with Crippen molar-refractivity contribution >= 4 is 18.4 Å². The molecule has 2 aromatic rings. The average Bonchev–Trinajstić information content (AvgIpc) is 2.42. The molecule has 0 aliphatic heterocycles. The Morgan fingerprint density at radius 3 is 2.40 bits per heavy atom. The molecule has 0 saturated carbocycles. The fourth-order valence-corrected chi connectivity index (χ4v) is 1.83. The molecule has 0 amide bonds. The molecule has 1 heterocycles. The first-order chi connectivity index (χ1) is 9.24. The molecule has 0 unspecified atom stereocenters. The van der Waals surface area contributed by atoms with Crippen LogP contribution in [0.1, 0.15) is 16.7 Å². The van der Waals surface area contributed by atoms with Gasteiger partial charge in [0.15, 0.2) is 0 Å². The van der Waals surface area contributed by atoms with Crippen LogP contribution < -0.4 is 0 Å². The van der Waals surface area contributed by atoms with Gasteiger partial charge in [-0.25, -0.2) is 4.79 Å². The molecule has 0 atom stereocenters. The first-order valence-corrected chi connectivity index (χ1v) is 6.10. The number of benzene rings is 1. The highest BCUT2D eigenvalue weighted by Gasteiger charge is 1.97. The molecule has 0 aliphatic rings. The number of aliphatic carboxylic acids is 1. The number of pyridine rings is 1. The number of carbonyl (C=O) groups is 1. The molecular weight excluding hydrogens is 274 g/mol. The Kier molecular flexibility index (Phi) is 6.47. The quantitative estimate of drug-likeness (QED) is 0.860. The minimum atomic E-state index is -0.909. The van der Waals surface area contributed by atoms with Gasteiger partial charge in [-0.2, -0.15) is 0 Å². The molecule has 20 heavy (non-hydrogen) atoms. The van der Waals surface area contributed by atoms with Crippen molar-refractivity contribution in [1.82, 2.24) is 4.98 Å². The van der Waals surface area contributed by atoms with Crippen molar-refractivity contribution in [3.8, 4) is 0 Å². The van der Waals surface area contributed by atoms with E-state index in [4.69, 9.17) is 5.11 Å². The van der Waals surface area contributed by atoms with Crippen molar-refractivity contribution in [2.24, 2.45) is 0 Å². The first-order valence-electron chi connectivity index (χ1n) is 6.10. The molecule has 3 nitrogen and oxygen atoms in total. The zero-order valence-electron chi connectivity index (χ0n) is 10.9. The third-order valence-electron chi connectivity index (χ3n) is 2.77. The van der Waals surface area contributed by atoms with E-state index < -0.39 is 5.97 Å². The molecule has 0 aliphatic carbocycles. The number of halogens is 1. The Bertz CT molecular complexity index is 565. The van der Waals surface area contributed by atoms with Crippen molar-refractivity contribution in [2.75, 3.05) is 0 Å². The van der Waals surface area contributed by atoms with Crippen molar-refractivity contribution in [3.63, 3.8) is 0 Å². The van der Waals surface area contributed by atoms with E-state index in [0.29, 0.717) is 6.42 Å². The Balaban J connectivity index is 0.00000200. The van der Waals surface area contributed by atoms with Crippen LogP contribution in [-0.4, -0.2) is 16.1 Å². The van der Waals surface area contributed by atoms with Crippen LogP contribution in [-0.2, 0) is 17.6 Å². The van der Waals surface area contributed by atoms with Gasteiger partial charge in [-0.1, -0.05) is 36.4 Å². The predicted molar refractivity (Wildman–Crippen MR) is 81.2 cm³/mol. The maximum Gasteiger partial charge on any atom is 0.327 e. The third kappa shape index (κ3) is 5.24. The predicted octanol–water partition coefficient (Wildman–Crippen LogP) is 3.28. The number of hydrogen-bond donors (Lipinski definition) is 1. The van der Waals surface area contributed by atoms with Crippen LogP contribution in [0.5, 0.6) is 0 Å². The van der Waals surface area contributed by atoms with Gasteiger partial charge < -0.3 is 5.11 Å². The number of carboxylic acid groups (broad SMARTS) is 1. The van der Waals surface area contributed by atoms with E-state index in [1.807, 2.05) is 24.4 Å². The van der Waals surface area contributed by atoms with Crippen molar-refractivity contribution in [2.45, 2.75) is 12.8 Å². The van der Waals surface area contributed by atoms with Crippen LogP contribution in [0.4, 0.5) is 0 Å². The van der Waals surface area contributed by atoms with Crippen molar-refractivity contribution in [3.05, 3.63) is 77.6 Å². The monoisotopic (exact) mass is 289 g/mol. The summed E-state index contributed by atoms with van der Waals surface area (Å²) in [6.45, 7) is 0. The van der Waals surface area contributed by atoms with Crippen LogP contribution >= 0.6 is 12.4 Å². The highest BCUT2D eigenvalue weighted by molar-refractivity contribution is 5.85. The Hall–Kier alpha value is -2.13. The summed E-state index contributed by atoms with van der Waals surface area (Å²) in [7, 11) is 0. The summed E-state index contributed by atoms with van der Waals surface area (Å²) in [5.41, 5.74) is 3.51. The largest absolute Gasteiger partial charge is 0.478 e. The molecule has 104 valence electrons. The summed E-state index contributed by atoms with van der Waals surface area (Å²) in [6.07, 6.45) is 7.95. The molecule has 0 bridgehead atoms. The maximum absolute atomic E-state index is 10.4. The van der Waals surface area contributed by atoms with E-state index in [-0.39, 0.29) is 12.4 Å². The van der Waals surface area contributed by atoms with Crippen LogP contribution in [0.25, 0.3) is 0 Å². The highest BCUT2D eigenvalue weighted by atomic mass is 35.5. The summed E-state index contributed by atoms with van der Waals surface area (Å²) in [5.74, 6) is -0.909. The molecule has 0 saturated heterocycles. The first kappa shape index (κ1) is 15.9. The lowest BCUT2D eigenvalue weighted by atomic mass is 10.0. The fourth-order valence-electron chi connectivity index (χ4n) is 1.83. The van der Waals surface area contributed by atoms with Gasteiger partial charge in [-0.15, -0.1) is 12.4 Å². The molecule has 1 aromatic carbocycles. The average molecular weight is 290 g/mol. The van der Waals surface area contributed by atoms with Crippen LogP contribution in [0.3, 0.4) is 0 Å². The topological polar surface area (TPSA) is 50.2 Å². The normalized spacial score (nSPS) is 10.2. The highest BCUT2D eigenvalue weighted by Crippen LogP contribution is 2.10. The standard InChI is InChI=1S/C16H15NO2.ClH/c18-16(19)5-1-3-13-6-8-14(9-7-13)11-15-4-2-10-17-12-15;/h1-2,4-10,12H,3,11H2,(H,18,19);1H/b5-1+;. The zero-order chi connectivity index (χ0) is 13.5. The number of nitrogens with zero attached hydrogens (tertiary/aromatic N) is 1. The van der Waals surface area contributed by atoms with Gasteiger partial charge in [0, 0.05) is 18.5 Å². The summed E-state index contributed by atoms with van der Waals surface area (Å²) in [5, 5.41) is 8.51. The molecule has 2 rings (SSSR count). The molecule has 0 radical (unpaired) electrons. The SMILES string of the molecule is Cl.O=C(O)/C=C/Cc1ccc(Cc2cccnc2)cc1. The van der Waals surface area contributed by atoms with Gasteiger partial charge in [0.2, 0.25) is 0 Å². The minimum Gasteiger partial charge on any atom is -0.478 e. The van der Waals surface area contributed by atoms with E-state index in [9.17, 15) is 4.79 Å². The van der Waals surface area contributed by atoms with Gasteiger partial charge in [-0.3, -0.25) is 4.98 Å². The molecule has 0 spiro atoms. The smallest absolute Gasteiger partial charge is 0.327 e. The van der Waals surface area contributed by atoms with Crippen molar-refractivity contribution < 1.29 is 9.90 Å².